The maximum absolute atomic E-state index is 14.2. The summed E-state index contributed by atoms with van der Waals surface area (Å²) in [6.07, 6.45) is -0.0806. The van der Waals surface area contributed by atoms with E-state index in [1.165, 1.54) is 11.9 Å². The van der Waals surface area contributed by atoms with Crippen molar-refractivity contribution in [3.05, 3.63) is 65.2 Å². The molecule has 242 valence electrons. The van der Waals surface area contributed by atoms with Crippen molar-refractivity contribution in [3.8, 4) is 5.75 Å². The Kier molecular flexibility index (Phi) is 12.4. The first-order valence-electron chi connectivity index (χ1n) is 15.0. The van der Waals surface area contributed by atoms with Gasteiger partial charge in [-0.15, -0.1) is 0 Å². The Labute approximate surface area is 261 Å². The number of para-hydroxylation sites is 1. The van der Waals surface area contributed by atoms with Gasteiger partial charge < -0.3 is 30.1 Å². The fourth-order valence-corrected chi connectivity index (χ4v) is 4.56. The molecule has 3 N–H and O–H groups in total. The summed E-state index contributed by atoms with van der Waals surface area (Å²) >= 11 is 0. The quantitative estimate of drug-likeness (QED) is 0.297. The topological polar surface area (TPSA) is 134 Å². The lowest BCUT2D eigenvalue weighted by atomic mass is 9.95. The first-order valence-corrected chi connectivity index (χ1v) is 15.0. The molecule has 0 aliphatic heterocycles. The van der Waals surface area contributed by atoms with Crippen LogP contribution in [0.3, 0.4) is 0 Å². The molecule has 44 heavy (non-hydrogen) atoms. The number of hydrogen-bond acceptors (Lipinski definition) is 7. The maximum Gasteiger partial charge on any atom is 0.408 e. The summed E-state index contributed by atoms with van der Waals surface area (Å²) in [5.74, 6) is -2.39. The van der Waals surface area contributed by atoms with Crippen LogP contribution in [0.15, 0.2) is 48.5 Å². The second-order valence-corrected chi connectivity index (χ2v) is 13.2. The van der Waals surface area contributed by atoms with Crippen molar-refractivity contribution in [2.24, 2.45) is 5.92 Å². The molecule has 0 saturated heterocycles. The van der Waals surface area contributed by atoms with Crippen molar-refractivity contribution in [3.63, 3.8) is 0 Å². The second-order valence-electron chi connectivity index (χ2n) is 13.2. The van der Waals surface area contributed by atoms with Crippen molar-refractivity contribution >= 4 is 23.9 Å². The molecule has 0 fully saturated rings. The Morgan fingerprint density at radius 3 is 2.02 bits per heavy atom. The smallest absolute Gasteiger partial charge is 0.408 e. The van der Waals surface area contributed by atoms with Crippen LogP contribution < -0.4 is 10.6 Å². The van der Waals surface area contributed by atoms with E-state index in [9.17, 15) is 24.3 Å². The van der Waals surface area contributed by atoms with Crippen LogP contribution in [-0.4, -0.2) is 64.2 Å². The Balaban J connectivity index is 2.54. The number of benzene rings is 2. The summed E-state index contributed by atoms with van der Waals surface area (Å²) in [7, 11) is 1.43. The molecule has 0 spiro atoms. The number of rotatable bonds is 11. The van der Waals surface area contributed by atoms with Gasteiger partial charge in [0, 0.05) is 19.0 Å². The molecule has 3 amide bonds. The van der Waals surface area contributed by atoms with E-state index in [2.05, 4.69) is 10.6 Å². The van der Waals surface area contributed by atoms with Gasteiger partial charge in [-0.3, -0.25) is 9.59 Å². The Hall–Kier alpha value is -4.08. The van der Waals surface area contributed by atoms with Crippen molar-refractivity contribution in [1.82, 2.24) is 15.5 Å². The molecule has 0 radical (unpaired) electrons. The average Bonchev–Trinajstić information content (AvgIpc) is 2.91. The Morgan fingerprint density at radius 1 is 0.886 bits per heavy atom. The predicted octanol–water partition coefficient (Wildman–Crippen LogP) is 5.21. The third kappa shape index (κ3) is 10.6. The molecule has 0 bridgehead atoms. The number of esters is 1. The van der Waals surface area contributed by atoms with Gasteiger partial charge in [-0.1, -0.05) is 68.8 Å². The zero-order valence-electron chi connectivity index (χ0n) is 27.7. The molecule has 4 atom stereocenters. The normalized spacial score (nSPS) is 14.4. The van der Waals surface area contributed by atoms with E-state index in [4.69, 9.17) is 9.47 Å². The highest BCUT2D eigenvalue weighted by molar-refractivity contribution is 5.94. The van der Waals surface area contributed by atoms with E-state index >= 15 is 0 Å². The monoisotopic (exact) mass is 611 g/mol. The summed E-state index contributed by atoms with van der Waals surface area (Å²) in [4.78, 5) is 55.5. The van der Waals surface area contributed by atoms with Crippen LogP contribution in [0.5, 0.6) is 5.75 Å². The molecule has 10 nitrogen and oxygen atoms in total. The van der Waals surface area contributed by atoms with Crippen molar-refractivity contribution in [1.29, 1.82) is 0 Å². The summed E-state index contributed by atoms with van der Waals surface area (Å²) in [6.45, 7) is 15.7. The van der Waals surface area contributed by atoms with E-state index in [1.807, 2.05) is 44.2 Å². The van der Waals surface area contributed by atoms with Crippen LogP contribution in [-0.2, 0) is 30.3 Å². The number of amides is 3. The fourth-order valence-electron chi connectivity index (χ4n) is 4.56. The minimum Gasteiger partial charge on any atom is -0.507 e. The van der Waals surface area contributed by atoms with Crippen LogP contribution in [0.1, 0.15) is 84.5 Å². The van der Waals surface area contributed by atoms with E-state index < -0.39 is 53.2 Å². The van der Waals surface area contributed by atoms with Gasteiger partial charge in [0.05, 0.1) is 0 Å². The zero-order valence-corrected chi connectivity index (χ0v) is 27.7. The van der Waals surface area contributed by atoms with Crippen LogP contribution in [0.4, 0.5) is 4.79 Å². The number of aromatic hydroxyl groups is 1. The molecule has 4 unspecified atom stereocenters. The van der Waals surface area contributed by atoms with Crippen LogP contribution in [0.25, 0.3) is 0 Å². The summed E-state index contributed by atoms with van der Waals surface area (Å²) < 4.78 is 11.0. The van der Waals surface area contributed by atoms with Gasteiger partial charge in [0.2, 0.25) is 11.8 Å². The van der Waals surface area contributed by atoms with E-state index in [-0.39, 0.29) is 23.7 Å². The number of carbonyl (C=O) groups is 4. The molecule has 2 rings (SSSR count). The van der Waals surface area contributed by atoms with Gasteiger partial charge in [0.1, 0.15) is 35.1 Å². The number of phenolic OH excluding ortho intramolecular Hbond substituents is 1. The molecule has 0 aliphatic carbocycles. The van der Waals surface area contributed by atoms with Gasteiger partial charge in [-0.2, -0.15) is 0 Å². The highest BCUT2D eigenvalue weighted by atomic mass is 16.6. The Morgan fingerprint density at radius 2 is 1.48 bits per heavy atom. The summed E-state index contributed by atoms with van der Waals surface area (Å²) in [5.41, 5.74) is -0.138. The second kappa shape index (κ2) is 15.1. The van der Waals surface area contributed by atoms with E-state index in [1.54, 1.807) is 66.7 Å². The number of nitrogens with one attached hydrogen (secondary N) is 2. The number of hydrogen-bond donors (Lipinski definition) is 3. The van der Waals surface area contributed by atoms with Crippen LogP contribution >= 0.6 is 0 Å². The minimum absolute atomic E-state index is 0.140. The number of aryl methyl sites for hydroxylation is 1. The first-order chi connectivity index (χ1) is 20.3. The van der Waals surface area contributed by atoms with Gasteiger partial charge in [0.25, 0.3) is 0 Å². The number of nitrogens with zero attached hydrogens (tertiary/aromatic N) is 1. The minimum atomic E-state index is -1.35. The molecular formula is C34H49N3O7. The third-order valence-electron chi connectivity index (χ3n) is 6.99. The molecule has 10 heteroatoms. The molecule has 2 aromatic rings. The summed E-state index contributed by atoms with van der Waals surface area (Å²) in [6, 6.07) is 10.6. The lowest BCUT2D eigenvalue weighted by Crippen LogP contribution is -2.55. The van der Waals surface area contributed by atoms with Gasteiger partial charge >= 0.3 is 12.1 Å². The molecule has 0 aromatic heterocycles. The number of ether oxygens (including phenoxy) is 2. The zero-order chi connectivity index (χ0) is 33.4. The highest BCUT2D eigenvalue weighted by Crippen LogP contribution is 2.32. The van der Waals surface area contributed by atoms with Gasteiger partial charge in [0.15, 0.2) is 0 Å². The molecular weight excluding hydrogens is 562 g/mol. The lowest BCUT2D eigenvalue weighted by molar-refractivity contribution is -0.159. The van der Waals surface area contributed by atoms with Crippen molar-refractivity contribution in [2.45, 2.75) is 104 Å². The molecule has 2 aromatic carbocycles. The van der Waals surface area contributed by atoms with Gasteiger partial charge in [-0.25, -0.2) is 9.59 Å². The Bertz CT molecular complexity index is 1300. The average molecular weight is 612 g/mol. The highest BCUT2D eigenvalue weighted by Gasteiger charge is 2.39. The maximum atomic E-state index is 14.2. The van der Waals surface area contributed by atoms with Crippen molar-refractivity contribution < 1.29 is 33.8 Å². The number of phenols is 1. The predicted molar refractivity (Wildman–Crippen MR) is 169 cm³/mol. The van der Waals surface area contributed by atoms with E-state index in [0.29, 0.717) is 12.0 Å². The van der Waals surface area contributed by atoms with E-state index in [0.717, 1.165) is 5.56 Å². The number of alkyl carbamates (subject to hydrolysis) is 1. The number of likely N-dealkylation sites (N-methyl/N-ethyl adjacent to an activating group) is 1. The standard InChI is InChI=1S/C34H49N3O7/c1-11-21(2)26(36-32(42)44-34(7,8)9)30(40)37(10)27(24-19-15-16-22(3)28(24)38)29(39)35-25(31(41)43-33(4,5)6)20-23-17-13-12-14-18-23/h12-19,21,25-27,38H,11,20H2,1-10H3,(H,35,39)(H,36,42). The molecule has 0 heterocycles. The van der Waals surface area contributed by atoms with Crippen LogP contribution in [0.2, 0.25) is 0 Å². The summed E-state index contributed by atoms with van der Waals surface area (Å²) in [5, 5.41) is 16.5. The largest absolute Gasteiger partial charge is 0.507 e. The number of carbonyl (C=O) groups excluding carboxylic acids is 4. The molecule has 0 saturated carbocycles. The molecule has 0 aliphatic rings. The fraction of sp³-hybridized carbons (Fsp3) is 0.529. The van der Waals surface area contributed by atoms with Crippen LogP contribution in [0, 0.1) is 12.8 Å². The third-order valence-corrected chi connectivity index (χ3v) is 6.99. The first kappa shape index (κ1) is 36.1. The van der Waals surface area contributed by atoms with Gasteiger partial charge in [-0.05, 0) is 65.5 Å². The van der Waals surface area contributed by atoms with Crippen molar-refractivity contribution in [2.75, 3.05) is 7.05 Å². The SMILES string of the molecule is CCC(C)C(NC(=O)OC(C)(C)C)C(=O)N(C)C(C(=O)NC(Cc1ccccc1)C(=O)OC(C)(C)C)c1cccc(C)c1O. The lowest BCUT2D eigenvalue weighted by Gasteiger charge is -2.34.